The van der Waals surface area contributed by atoms with Gasteiger partial charge in [-0.1, -0.05) is 25.0 Å². The van der Waals surface area contributed by atoms with Gasteiger partial charge in [0.15, 0.2) is 0 Å². The summed E-state index contributed by atoms with van der Waals surface area (Å²) in [6, 6.07) is 12.9. The summed E-state index contributed by atoms with van der Waals surface area (Å²) in [6.07, 6.45) is 7.27. The molecule has 0 fully saturated rings. The van der Waals surface area contributed by atoms with Gasteiger partial charge in [-0.3, -0.25) is 24.2 Å². The molecule has 0 spiro atoms. The number of fused-ring (bicyclic) bond motifs is 2. The Morgan fingerprint density at radius 3 is 2.57 bits per heavy atom. The van der Waals surface area contributed by atoms with Crippen LogP contribution in [-0.4, -0.2) is 65.3 Å². The Bertz CT molecular complexity index is 1450. The number of nitrogens with one attached hydrogen (secondary N) is 2. The molecule has 0 saturated carbocycles. The summed E-state index contributed by atoms with van der Waals surface area (Å²) in [7, 11) is 4.02. The van der Waals surface area contributed by atoms with E-state index in [0.717, 1.165) is 43.4 Å². The number of ether oxygens (including phenoxy) is 1. The maximum absolute atomic E-state index is 13.3. The number of hydroxylamine groups is 1. The number of hydrogen-bond donors (Lipinski definition) is 3. The van der Waals surface area contributed by atoms with Crippen LogP contribution in [0.15, 0.2) is 47.3 Å². The van der Waals surface area contributed by atoms with Crippen molar-refractivity contribution in [1.29, 1.82) is 0 Å². The third-order valence-electron chi connectivity index (χ3n) is 7.09. The number of aromatic nitrogens is 2. The van der Waals surface area contributed by atoms with Crippen molar-refractivity contribution in [1.82, 2.24) is 25.2 Å². The van der Waals surface area contributed by atoms with Crippen molar-refractivity contribution in [3.05, 3.63) is 69.8 Å². The lowest BCUT2D eigenvalue weighted by atomic mass is 10.1. The second-order valence-corrected chi connectivity index (χ2v) is 10.6. The highest BCUT2D eigenvalue weighted by Crippen LogP contribution is 2.28. The maximum Gasteiger partial charge on any atom is 0.261 e. The first-order valence-electron chi connectivity index (χ1n) is 14.2. The van der Waals surface area contributed by atoms with E-state index in [-0.39, 0.29) is 29.8 Å². The van der Waals surface area contributed by atoms with Crippen molar-refractivity contribution < 1.29 is 19.5 Å². The van der Waals surface area contributed by atoms with E-state index in [1.165, 1.54) is 0 Å². The summed E-state index contributed by atoms with van der Waals surface area (Å²) in [5, 5.41) is 12.0. The average Bonchev–Trinajstić information content (AvgIpc) is 3.37. The third kappa shape index (κ3) is 8.88. The lowest BCUT2D eigenvalue weighted by molar-refractivity contribution is -0.129. The zero-order valence-corrected chi connectivity index (χ0v) is 25.0. The number of hydrogen-bond acceptors (Lipinski definition) is 7. The molecule has 0 saturated heterocycles. The topological polar surface area (TPSA) is 126 Å². The average molecular weight is 598 g/mol. The molecule has 1 aliphatic heterocycles. The fraction of sp³-hybridized carbons (Fsp3) is 0.419. The molecular formula is C31H40ClN5O5. The molecule has 0 unspecified atom stereocenters. The van der Waals surface area contributed by atoms with E-state index < -0.39 is 0 Å². The lowest BCUT2D eigenvalue weighted by Crippen LogP contribution is -2.27. The van der Waals surface area contributed by atoms with Gasteiger partial charge in [0.25, 0.3) is 11.5 Å². The van der Waals surface area contributed by atoms with Crippen LogP contribution in [-0.2, 0) is 11.3 Å². The second kappa shape index (κ2) is 16.1. The summed E-state index contributed by atoms with van der Waals surface area (Å²) in [4.78, 5) is 43.7. The van der Waals surface area contributed by atoms with Crippen molar-refractivity contribution in [2.24, 2.45) is 0 Å². The fourth-order valence-corrected chi connectivity index (χ4v) is 4.84. The Labute approximate surface area is 252 Å². The molecule has 4 rings (SSSR count). The molecule has 226 valence electrons. The van der Waals surface area contributed by atoms with Crippen LogP contribution < -0.4 is 21.1 Å². The minimum absolute atomic E-state index is 0. The molecule has 10 nitrogen and oxygen atoms in total. The van der Waals surface area contributed by atoms with Gasteiger partial charge >= 0.3 is 0 Å². The van der Waals surface area contributed by atoms with Crippen LogP contribution >= 0.6 is 12.4 Å². The molecular weight excluding hydrogens is 558 g/mol. The van der Waals surface area contributed by atoms with Crippen molar-refractivity contribution in [3.63, 3.8) is 0 Å². The highest BCUT2D eigenvalue weighted by Gasteiger charge is 2.21. The molecule has 11 heteroatoms. The number of amides is 2. The minimum atomic E-state index is -0.368. The van der Waals surface area contributed by atoms with Gasteiger partial charge in [-0.2, -0.15) is 0 Å². The number of rotatable bonds is 14. The van der Waals surface area contributed by atoms with Crippen molar-refractivity contribution >= 4 is 46.8 Å². The van der Waals surface area contributed by atoms with E-state index in [2.05, 4.69) is 10.2 Å². The van der Waals surface area contributed by atoms with E-state index in [1.807, 2.05) is 56.6 Å². The molecule has 1 aliphatic rings. The van der Waals surface area contributed by atoms with Gasteiger partial charge in [0.2, 0.25) is 5.91 Å². The first-order valence-corrected chi connectivity index (χ1v) is 14.2. The molecule has 42 heavy (non-hydrogen) atoms. The normalized spacial score (nSPS) is 13.2. The number of benzene rings is 2. The first-order chi connectivity index (χ1) is 19.9. The van der Waals surface area contributed by atoms with E-state index in [1.54, 1.807) is 16.1 Å². The molecule has 2 heterocycles. The Morgan fingerprint density at radius 2 is 1.83 bits per heavy atom. The Hall–Kier alpha value is -3.73. The van der Waals surface area contributed by atoms with E-state index >= 15 is 0 Å². The Morgan fingerprint density at radius 1 is 1.07 bits per heavy atom. The third-order valence-corrected chi connectivity index (χ3v) is 7.09. The molecule has 3 aromatic rings. The number of halogens is 1. The molecule has 2 aromatic carbocycles. The number of unbranched alkanes of at least 4 members (excludes halogenated alkanes) is 3. The Balaban J connectivity index is 0.00000484. The van der Waals surface area contributed by atoms with Gasteiger partial charge < -0.3 is 15.0 Å². The van der Waals surface area contributed by atoms with E-state index in [4.69, 9.17) is 14.9 Å². The van der Waals surface area contributed by atoms with Gasteiger partial charge in [-0.25, -0.2) is 10.5 Å². The number of carbonyl (C=O) groups excluding carboxylic acids is 2. The Kier molecular flexibility index (Phi) is 12.5. The smallest absolute Gasteiger partial charge is 0.261 e. The predicted octanol–water partition coefficient (Wildman–Crippen LogP) is 4.28. The SMILES string of the molecule is CN(C)CCCNC(=O)c1ccc(/C=C2\CCn3c2nc2ccc(OCCCCCCC(=O)NO)cc2c3=O)cc1.Cl. The summed E-state index contributed by atoms with van der Waals surface area (Å²) in [5.41, 5.74) is 4.74. The van der Waals surface area contributed by atoms with Crippen LogP contribution in [0.25, 0.3) is 22.6 Å². The maximum atomic E-state index is 13.3. The fourth-order valence-electron chi connectivity index (χ4n) is 4.84. The monoisotopic (exact) mass is 597 g/mol. The summed E-state index contributed by atoms with van der Waals surface area (Å²) in [5.74, 6) is 0.857. The van der Waals surface area contributed by atoms with Crippen LogP contribution in [0.2, 0.25) is 0 Å². The van der Waals surface area contributed by atoms with Crippen LogP contribution in [0, 0.1) is 0 Å². The first kappa shape index (κ1) is 32.8. The molecule has 0 radical (unpaired) electrons. The van der Waals surface area contributed by atoms with Crippen molar-refractivity contribution in [2.45, 2.75) is 51.5 Å². The summed E-state index contributed by atoms with van der Waals surface area (Å²) >= 11 is 0. The standard InChI is InChI=1S/C31H39N5O5.ClH/c1-35(2)17-7-16-32-30(38)23-11-9-22(10-12-23)20-24-15-18-36-29(24)33-27-14-13-25(21-26(27)31(36)39)41-19-6-4-3-5-8-28(37)34-40;/h9-14,20-21,40H,3-8,15-19H2,1-2H3,(H,32,38)(H,34,37);1H/b24-20+;. The van der Waals surface area contributed by atoms with Crippen LogP contribution in [0.4, 0.5) is 0 Å². The van der Waals surface area contributed by atoms with Crippen molar-refractivity contribution in [3.8, 4) is 5.75 Å². The zero-order valence-electron chi connectivity index (χ0n) is 24.2. The molecule has 0 bridgehead atoms. The summed E-state index contributed by atoms with van der Waals surface area (Å²) < 4.78 is 7.58. The van der Waals surface area contributed by atoms with Gasteiger partial charge in [0.1, 0.15) is 11.6 Å². The van der Waals surface area contributed by atoms with Gasteiger partial charge in [-0.15, -0.1) is 12.4 Å². The minimum Gasteiger partial charge on any atom is -0.494 e. The lowest BCUT2D eigenvalue weighted by Gasteiger charge is -2.10. The quantitative estimate of drug-likeness (QED) is 0.144. The van der Waals surface area contributed by atoms with Crippen LogP contribution in [0.1, 0.15) is 66.7 Å². The molecule has 3 N–H and O–H groups in total. The highest BCUT2D eigenvalue weighted by atomic mass is 35.5. The molecule has 0 atom stereocenters. The number of carbonyl (C=O) groups is 2. The summed E-state index contributed by atoms with van der Waals surface area (Å²) in [6.45, 7) is 2.64. The highest BCUT2D eigenvalue weighted by molar-refractivity contribution is 5.94. The molecule has 0 aliphatic carbocycles. The number of allylic oxidation sites excluding steroid dienone is 1. The van der Waals surface area contributed by atoms with E-state index in [0.29, 0.717) is 67.0 Å². The van der Waals surface area contributed by atoms with E-state index in [9.17, 15) is 14.4 Å². The van der Waals surface area contributed by atoms with Crippen molar-refractivity contribution in [2.75, 3.05) is 33.8 Å². The molecule has 1 aromatic heterocycles. The van der Waals surface area contributed by atoms with Gasteiger partial charge in [0.05, 0.1) is 17.5 Å². The van der Waals surface area contributed by atoms with Gasteiger partial charge in [-0.05, 0) is 93.9 Å². The largest absolute Gasteiger partial charge is 0.494 e. The predicted molar refractivity (Wildman–Crippen MR) is 166 cm³/mol. The number of nitrogens with zero attached hydrogens (tertiary/aromatic N) is 3. The zero-order chi connectivity index (χ0) is 29.2. The van der Waals surface area contributed by atoms with Crippen LogP contribution in [0.3, 0.4) is 0 Å². The van der Waals surface area contributed by atoms with Crippen LogP contribution in [0.5, 0.6) is 5.75 Å². The molecule has 2 amide bonds. The van der Waals surface area contributed by atoms with Gasteiger partial charge in [0, 0.05) is 25.1 Å². The second-order valence-electron chi connectivity index (χ2n) is 10.6.